The number of anilines is 1. The number of nitrogens with one attached hydrogen (secondary N) is 1. The fourth-order valence-corrected chi connectivity index (χ4v) is 2.94. The SMILES string of the molecule is Cc1nn(C)c(C)c1CNS(=O)(=O)c1ccnc(N)c1. The maximum atomic E-state index is 12.2. The highest BCUT2D eigenvalue weighted by Gasteiger charge is 2.17. The lowest BCUT2D eigenvalue weighted by molar-refractivity contribution is 0.581. The average Bonchev–Trinajstić information content (AvgIpc) is 2.61. The lowest BCUT2D eigenvalue weighted by Gasteiger charge is -2.07. The molecule has 2 heterocycles. The maximum Gasteiger partial charge on any atom is 0.241 e. The molecule has 0 aliphatic rings. The molecule has 3 N–H and O–H groups in total. The van der Waals surface area contributed by atoms with Gasteiger partial charge in [0.05, 0.1) is 10.6 Å². The van der Waals surface area contributed by atoms with E-state index in [1.165, 1.54) is 18.3 Å². The summed E-state index contributed by atoms with van der Waals surface area (Å²) in [7, 11) is -1.79. The van der Waals surface area contributed by atoms with Crippen LogP contribution in [0.25, 0.3) is 0 Å². The summed E-state index contributed by atoms with van der Waals surface area (Å²) in [6.07, 6.45) is 1.37. The normalized spacial score (nSPS) is 11.8. The minimum absolute atomic E-state index is 0.101. The Labute approximate surface area is 117 Å². The van der Waals surface area contributed by atoms with Crippen molar-refractivity contribution in [1.82, 2.24) is 19.5 Å². The number of sulfonamides is 1. The second kappa shape index (κ2) is 5.22. The first-order valence-corrected chi connectivity index (χ1v) is 7.50. The van der Waals surface area contributed by atoms with Crippen LogP contribution in [-0.4, -0.2) is 23.2 Å². The Morgan fingerprint density at radius 2 is 2.10 bits per heavy atom. The lowest BCUT2D eigenvalue weighted by Crippen LogP contribution is -2.24. The van der Waals surface area contributed by atoms with Crippen LogP contribution < -0.4 is 10.5 Å². The third-order valence-corrected chi connectivity index (χ3v) is 4.56. The van der Waals surface area contributed by atoms with Crippen LogP contribution in [0.1, 0.15) is 17.0 Å². The van der Waals surface area contributed by atoms with Crippen molar-refractivity contribution in [2.45, 2.75) is 25.3 Å². The standard InChI is InChI=1S/C12H17N5O2S/c1-8-11(9(2)17(3)16-8)7-15-20(18,19)10-4-5-14-12(13)6-10/h4-6,15H,7H2,1-3H3,(H2,13,14). The number of nitrogens with two attached hydrogens (primary N) is 1. The molecule has 0 bridgehead atoms. The van der Waals surface area contributed by atoms with E-state index < -0.39 is 10.0 Å². The summed E-state index contributed by atoms with van der Waals surface area (Å²) >= 11 is 0. The zero-order valence-corrected chi connectivity index (χ0v) is 12.4. The summed E-state index contributed by atoms with van der Waals surface area (Å²) in [6.45, 7) is 3.94. The van der Waals surface area contributed by atoms with Gasteiger partial charge in [0.25, 0.3) is 0 Å². The van der Waals surface area contributed by atoms with Gasteiger partial charge in [0, 0.05) is 37.1 Å². The molecule has 2 rings (SSSR count). The molecule has 2 aromatic heterocycles. The average molecular weight is 295 g/mol. The van der Waals surface area contributed by atoms with Gasteiger partial charge in [-0.1, -0.05) is 0 Å². The van der Waals surface area contributed by atoms with Crippen molar-refractivity contribution in [1.29, 1.82) is 0 Å². The van der Waals surface area contributed by atoms with Crippen LogP contribution in [0.15, 0.2) is 23.2 Å². The van der Waals surface area contributed by atoms with Crippen LogP contribution in [0.3, 0.4) is 0 Å². The predicted octanol–water partition coefficient (Wildman–Crippen LogP) is 0.493. The monoisotopic (exact) mass is 295 g/mol. The van der Waals surface area contributed by atoms with Crippen molar-refractivity contribution >= 4 is 15.8 Å². The molecule has 0 spiro atoms. The largest absolute Gasteiger partial charge is 0.384 e. The van der Waals surface area contributed by atoms with Gasteiger partial charge in [0.2, 0.25) is 10.0 Å². The highest BCUT2D eigenvalue weighted by atomic mass is 32.2. The summed E-state index contributed by atoms with van der Waals surface area (Å²) in [4.78, 5) is 3.88. The summed E-state index contributed by atoms with van der Waals surface area (Å²) in [5.74, 6) is 0.168. The molecule has 0 aromatic carbocycles. The third kappa shape index (κ3) is 2.81. The fourth-order valence-electron chi connectivity index (χ4n) is 1.92. The minimum atomic E-state index is -3.61. The highest BCUT2D eigenvalue weighted by Crippen LogP contribution is 2.14. The van der Waals surface area contributed by atoms with Gasteiger partial charge in [-0.15, -0.1) is 0 Å². The zero-order valence-electron chi connectivity index (χ0n) is 11.6. The van der Waals surface area contributed by atoms with Crippen LogP contribution >= 0.6 is 0 Å². The summed E-state index contributed by atoms with van der Waals surface area (Å²) in [6, 6.07) is 2.73. The van der Waals surface area contributed by atoms with E-state index in [0.29, 0.717) is 0 Å². The lowest BCUT2D eigenvalue weighted by atomic mass is 10.2. The van der Waals surface area contributed by atoms with Crippen LogP contribution in [0, 0.1) is 13.8 Å². The van der Waals surface area contributed by atoms with E-state index in [4.69, 9.17) is 5.73 Å². The van der Waals surface area contributed by atoms with E-state index in [9.17, 15) is 8.42 Å². The van der Waals surface area contributed by atoms with Crippen LogP contribution in [0.2, 0.25) is 0 Å². The second-order valence-corrected chi connectivity index (χ2v) is 6.28. The molecular formula is C12H17N5O2S. The van der Waals surface area contributed by atoms with Gasteiger partial charge in [-0.05, 0) is 19.9 Å². The maximum absolute atomic E-state index is 12.2. The summed E-state index contributed by atoms with van der Waals surface area (Å²) in [5.41, 5.74) is 8.11. The molecule has 2 aromatic rings. The van der Waals surface area contributed by atoms with E-state index in [-0.39, 0.29) is 17.3 Å². The number of nitrogens with zero attached hydrogens (tertiary/aromatic N) is 3. The van der Waals surface area contributed by atoms with Crippen molar-refractivity contribution in [3.05, 3.63) is 35.3 Å². The number of pyridine rings is 1. The molecule has 0 amide bonds. The molecule has 108 valence electrons. The van der Waals surface area contributed by atoms with E-state index in [0.717, 1.165) is 17.0 Å². The minimum Gasteiger partial charge on any atom is -0.384 e. The van der Waals surface area contributed by atoms with Gasteiger partial charge in [0.15, 0.2) is 0 Å². The number of nitrogen functional groups attached to an aromatic ring is 1. The Morgan fingerprint density at radius 1 is 1.40 bits per heavy atom. The molecule has 8 heteroatoms. The molecule has 0 aliphatic heterocycles. The first-order chi connectivity index (χ1) is 9.31. The number of hydrogen-bond donors (Lipinski definition) is 2. The number of hydrogen-bond acceptors (Lipinski definition) is 5. The van der Waals surface area contributed by atoms with Gasteiger partial charge in [-0.25, -0.2) is 18.1 Å². The van der Waals surface area contributed by atoms with Crippen molar-refractivity contribution in [3.8, 4) is 0 Å². The van der Waals surface area contributed by atoms with Crippen LogP contribution in [0.5, 0.6) is 0 Å². The molecule has 20 heavy (non-hydrogen) atoms. The second-order valence-electron chi connectivity index (χ2n) is 4.51. The highest BCUT2D eigenvalue weighted by molar-refractivity contribution is 7.89. The Kier molecular flexibility index (Phi) is 3.78. The van der Waals surface area contributed by atoms with E-state index in [1.54, 1.807) is 4.68 Å². The first-order valence-electron chi connectivity index (χ1n) is 6.01. The Balaban J connectivity index is 2.22. The van der Waals surface area contributed by atoms with Crippen molar-refractivity contribution in [2.24, 2.45) is 7.05 Å². The number of aromatic nitrogens is 3. The molecule has 0 aliphatic carbocycles. The van der Waals surface area contributed by atoms with Gasteiger partial charge in [0.1, 0.15) is 5.82 Å². The van der Waals surface area contributed by atoms with Crippen molar-refractivity contribution in [3.63, 3.8) is 0 Å². The quantitative estimate of drug-likeness (QED) is 0.854. The fraction of sp³-hybridized carbons (Fsp3) is 0.333. The van der Waals surface area contributed by atoms with Crippen molar-refractivity contribution < 1.29 is 8.42 Å². The van der Waals surface area contributed by atoms with Crippen LogP contribution in [0.4, 0.5) is 5.82 Å². The third-order valence-electron chi connectivity index (χ3n) is 3.16. The summed E-state index contributed by atoms with van der Waals surface area (Å²) < 4.78 is 28.6. The van der Waals surface area contributed by atoms with E-state index in [2.05, 4.69) is 14.8 Å². The Hall–Kier alpha value is -1.93. The van der Waals surface area contributed by atoms with Gasteiger partial charge in [-0.2, -0.15) is 5.10 Å². The smallest absolute Gasteiger partial charge is 0.241 e. The number of rotatable bonds is 4. The van der Waals surface area contributed by atoms with Crippen molar-refractivity contribution in [2.75, 3.05) is 5.73 Å². The Bertz CT molecular complexity index is 736. The molecular weight excluding hydrogens is 278 g/mol. The summed E-state index contributed by atoms with van der Waals surface area (Å²) in [5, 5.41) is 4.25. The number of aryl methyl sites for hydroxylation is 2. The van der Waals surface area contributed by atoms with Crippen LogP contribution in [-0.2, 0) is 23.6 Å². The molecule has 0 saturated carbocycles. The molecule has 0 saturated heterocycles. The topological polar surface area (TPSA) is 103 Å². The van der Waals surface area contributed by atoms with Gasteiger partial charge >= 0.3 is 0 Å². The van der Waals surface area contributed by atoms with E-state index in [1.807, 2.05) is 20.9 Å². The molecule has 0 atom stereocenters. The molecule has 0 fully saturated rings. The predicted molar refractivity (Wildman–Crippen MR) is 75.4 cm³/mol. The zero-order chi connectivity index (χ0) is 14.9. The van der Waals surface area contributed by atoms with Gasteiger partial charge in [-0.3, -0.25) is 4.68 Å². The molecule has 0 radical (unpaired) electrons. The van der Waals surface area contributed by atoms with E-state index >= 15 is 0 Å². The molecule has 7 nitrogen and oxygen atoms in total. The van der Waals surface area contributed by atoms with Gasteiger partial charge < -0.3 is 5.73 Å². The molecule has 0 unspecified atom stereocenters. The first kappa shape index (κ1) is 14.5. The Morgan fingerprint density at radius 3 is 2.65 bits per heavy atom.